The van der Waals surface area contributed by atoms with E-state index in [-0.39, 0.29) is 88.6 Å². The maximum atomic E-state index is 16.1. The number of carbonyl (C=O) groups is 3. The van der Waals surface area contributed by atoms with E-state index in [1.54, 1.807) is 16.4 Å². The van der Waals surface area contributed by atoms with Gasteiger partial charge in [0.1, 0.15) is 34.1 Å². The number of methoxy groups -OCH3 is 2. The summed E-state index contributed by atoms with van der Waals surface area (Å²) in [6.07, 6.45) is 3.96. The number of halogens is 2. The number of carbonyl (C=O) groups excluding carboxylic acids is 2. The van der Waals surface area contributed by atoms with Crippen LogP contribution in [0.2, 0.25) is 0 Å². The fraction of sp³-hybridized carbons (Fsp3) is 0.500. The van der Waals surface area contributed by atoms with Crippen molar-refractivity contribution in [2.75, 3.05) is 81.5 Å². The molecule has 5 heterocycles. The number of aromatic carboxylic acids is 1. The molecule has 3 atom stereocenters. The smallest absolute Gasteiger partial charge is 0.413 e. The second-order valence-electron chi connectivity index (χ2n) is 16.8. The van der Waals surface area contributed by atoms with Crippen LogP contribution < -0.4 is 46.9 Å². The minimum atomic E-state index is -1.52. The van der Waals surface area contributed by atoms with E-state index in [1.807, 2.05) is 4.90 Å². The zero-order valence-corrected chi connectivity index (χ0v) is 34.5. The van der Waals surface area contributed by atoms with E-state index in [1.165, 1.54) is 23.7 Å². The summed E-state index contributed by atoms with van der Waals surface area (Å²) >= 11 is 0. The van der Waals surface area contributed by atoms with Crippen LogP contribution in [-0.4, -0.2) is 110 Å². The number of nitrogens with zero attached hydrogens (tertiary/aromatic N) is 5. The minimum absolute atomic E-state index is 0.000264. The van der Waals surface area contributed by atoms with Crippen LogP contribution in [0.15, 0.2) is 21.7 Å². The summed E-state index contributed by atoms with van der Waals surface area (Å²) in [4.78, 5) is 71.2. The molecule has 2 saturated carbocycles. The largest absolute Gasteiger partial charge is 0.492 e. The highest BCUT2D eigenvalue weighted by Gasteiger charge is 2.40. The van der Waals surface area contributed by atoms with E-state index in [9.17, 15) is 29.1 Å². The van der Waals surface area contributed by atoms with Crippen LogP contribution in [0.3, 0.4) is 0 Å². The van der Waals surface area contributed by atoms with Gasteiger partial charge in [0.05, 0.1) is 36.0 Å². The van der Waals surface area contributed by atoms with Crippen LogP contribution in [-0.2, 0) is 9.47 Å². The minimum Gasteiger partial charge on any atom is -0.492 e. The molecule has 0 spiro atoms. The predicted molar refractivity (Wildman–Crippen MR) is 224 cm³/mol. The standard InChI is InChI=1S/C42H48F2N8O10/c1-19-15-48(32-25(43)13-23-30(36(32)59-2)51(21-6-7-21)38(45)28(34(23)53)40(55)56)11-12-50(19)42(58)62-18-61-41(57)29-35(54)24-14-26(44)33(49-16-20-5-4-10-47-27(20)17-49)37(60-3)31(24)52(39(29)46)22-8-9-22/h13-14,19-22,27,47H,4-12,15-18,45-46H2,1-3H3,(H,55,56). The molecular weight excluding hydrogens is 815 g/mol. The second kappa shape index (κ2) is 15.5. The lowest BCUT2D eigenvalue weighted by molar-refractivity contribution is -0.0156. The van der Waals surface area contributed by atoms with Crippen molar-refractivity contribution in [1.82, 2.24) is 19.4 Å². The number of hydrogen-bond donors (Lipinski definition) is 4. The summed E-state index contributed by atoms with van der Waals surface area (Å²) in [6, 6.07) is 1.35. The molecule has 0 radical (unpaired) electrons. The fourth-order valence-electron chi connectivity index (χ4n) is 9.77. The van der Waals surface area contributed by atoms with Crippen molar-refractivity contribution in [2.45, 2.75) is 69.6 Å². The summed E-state index contributed by atoms with van der Waals surface area (Å²) in [7, 11) is 2.73. The highest BCUT2D eigenvalue weighted by atomic mass is 19.1. The molecular formula is C42H48F2N8O10. The van der Waals surface area contributed by atoms with Gasteiger partial charge in [-0.05, 0) is 70.0 Å². The van der Waals surface area contributed by atoms with E-state index in [2.05, 4.69) is 5.32 Å². The number of ether oxygens (including phenoxy) is 4. The molecule has 3 aliphatic heterocycles. The highest BCUT2D eigenvalue weighted by molar-refractivity contribution is 6.03. The van der Waals surface area contributed by atoms with Crippen LogP contribution in [0.25, 0.3) is 21.8 Å². The van der Waals surface area contributed by atoms with Gasteiger partial charge in [0, 0.05) is 56.9 Å². The second-order valence-corrected chi connectivity index (χ2v) is 16.8. The maximum Gasteiger partial charge on any atom is 0.413 e. The Morgan fingerprint density at radius 2 is 1.35 bits per heavy atom. The van der Waals surface area contributed by atoms with Crippen molar-refractivity contribution < 1.29 is 47.2 Å². The van der Waals surface area contributed by atoms with E-state index < -0.39 is 64.5 Å². The van der Waals surface area contributed by atoms with Gasteiger partial charge >= 0.3 is 18.0 Å². The summed E-state index contributed by atoms with van der Waals surface area (Å²) in [5.74, 6) is -4.09. The first-order chi connectivity index (χ1) is 29.7. The molecule has 1 amide bonds. The van der Waals surface area contributed by atoms with Gasteiger partial charge in [0.25, 0.3) is 0 Å². The first-order valence-corrected chi connectivity index (χ1v) is 20.8. The van der Waals surface area contributed by atoms with Gasteiger partial charge in [0.15, 0.2) is 23.1 Å². The molecule has 6 N–H and O–H groups in total. The fourth-order valence-corrected chi connectivity index (χ4v) is 9.77. The predicted octanol–water partition coefficient (Wildman–Crippen LogP) is 3.79. The molecule has 3 unspecified atom stereocenters. The van der Waals surface area contributed by atoms with E-state index in [0.717, 1.165) is 31.5 Å². The number of piperazine rings is 1. The van der Waals surface area contributed by atoms with Crippen molar-refractivity contribution in [2.24, 2.45) is 5.92 Å². The number of piperidine rings is 1. The number of carboxylic acid groups (broad SMARTS) is 1. The topological polar surface area (TPSA) is 226 Å². The Hall–Kier alpha value is -6.31. The van der Waals surface area contributed by atoms with Gasteiger partial charge in [-0.1, -0.05) is 0 Å². The highest BCUT2D eigenvalue weighted by Crippen LogP contribution is 2.48. The van der Waals surface area contributed by atoms with Gasteiger partial charge in [-0.3, -0.25) is 9.59 Å². The first-order valence-electron chi connectivity index (χ1n) is 20.8. The van der Waals surface area contributed by atoms with Crippen LogP contribution in [0, 0.1) is 17.6 Å². The van der Waals surface area contributed by atoms with E-state index in [4.69, 9.17) is 30.4 Å². The zero-order valence-electron chi connectivity index (χ0n) is 34.5. The first kappa shape index (κ1) is 41.1. The van der Waals surface area contributed by atoms with Gasteiger partial charge in [0.2, 0.25) is 17.7 Å². The molecule has 4 aromatic rings. The molecule has 9 rings (SSSR count). The number of pyridine rings is 2. The molecule has 18 nitrogen and oxygen atoms in total. The third-order valence-electron chi connectivity index (χ3n) is 12.9. The van der Waals surface area contributed by atoms with E-state index >= 15 is 8.78 Å². The van der Waals surface area contributed by atoms with Crippen molar-refractivity contribution >= 4 is 62.8 Å². The number of amides is 1. The Morgan fingerprint density at radius 3 is 1.89 bits per heavy atom. The summed E-state index contributed by atoms with van der Waals surface area (Å²) < 4.78 is 57.5. The summed E-state index contributed by atoms with van der Waals surface area (Å²) in [5, 5.41) is 13.0. The Bertz CT molecular complexity index is 2670. The number of nitrogens with one attached hydrogen (secondary N) is 1. The number of nitrogens with two attached hydrogens (primary N) is 2. The lowest BCUT2D eigenvalue weighted by atomic mass is 9.94. The SMILES string of the molecule is COc1c(N2CCN(C(=O)OCOC(=O)c3c(N)n(C4CC4)c4c(OC)c(N5CC6CCCNC6C5)c(F)cc4c3=O)C(C)C2)c(F)cc2c(=O)c(C(=O)O)c(N)n(C3CC3)c12. The Balaban J connectivity index is 0.923. The van der Waals surface area contributed by atoms with Crippen LogP contribution >= 0.6 is 0 Å². The number of anilines is 4. The number of carboxylic acids is 1. The zero-order chi connectivity index (χ0) is 43.9. The molecule has 2 aliphatic carbocycles. The molecule has 5 fully saturated rings. The number of aromatic nitrogens is 2. The number of nitrogen functional groups attached to an aromatic ring is 2. The molecule has 20 heteroatoms. The number of esters is 1. The molecule has 2 aromatic heterocycles. The lowest BCUT2D eigenvalue weighted by Crippen LogP contribution is -2.54. The van der Waals surface area contributed by atoms with Crippen molar-refractivity contribution in [1.29, 1.82) is 0 Å². The summed E-state index contributed by atoms with van der Waals surface area (Å²) in [6.45, 7) is 3.10. The average Bonchev–Trinajstić information content (AvgIpc) is 4.19. The quantitative estimate of drug-likeness (QED) is 0.131. The number of hydrogen-bond acceptors (Lipinski definition) is 14. The third kappa shape index (κ3) is 6.65. The monoisotopic (exact) mass is 862 g/mol. The Kier molecular flexibility index (Phi) is 10.3. The maximum absolute atomic E-state index is 16.1. The van der Waals surface area contributed by atoms with E-state index in [0.29, 0.717) is 50.2 Å². The molecule has 2 aromatic carbocycles. The molecule has 5 aliphatic rings. The van der Waals surface area contributed by atoms with Crippen LogP contribution in [0.1, 0.15) is 78.2 Å². The number of rotatable bonds is 10. The Morgan fingerprint density at radius 1 is 0.790 bits per heavy atom. The Labute approximate surface area is 352 Å². The molecule has 62 heavy (non-hydrogen) atoms. The molecule has 0 bridgehead atoms. The van der Waals surface area contributed by atoms with Crippen molar-refractivity contribution in [3.63, 3.8) is 0 Å². The van der Waals surface area contributed by atoms with Crippen molar-refractivity contribution in [3.05, 3.63) is 55.3 Å². The number of fused-ring (bicyclic) bond motifs is 3. The van der Waals surface area contributed by atoms with Gasteiger partial charge in [-0.15, -0.1) is 0 Å². The average molecular weight is 863 g/mol. The van der Waals surface area contributed by atoms with Crippen LogP contribution in [0.4, 0.5) is 36.6 Å². The third-order valence-corrected chi connectivity index (χ3v) is 12.9. The number of benzene rings is 2. The molecule has 3 saturated heterocycles. The van der Waals surface area contributed by atoms with Crippen LogP contribution in [0.5, 0.6) is 11.5 Å². The molecule has 330 valence electrons. The van der Waals surface area contributed by atoms with Crippen molar-refractivity contribution in [3.8, 4) is 11.5 Å². The van der Waals surface area contributed by atoms with Gasteiger partial charge in [-0.25, -0.2) is 23.2 Å². The normalized spacial score (nSPS) is 21.3. The lowest BCUT2D eigenvalue weighted by Gasteiger charge is -2.40. The van der Waals surface area contributed by atoms with Gasteiger partial charge in [-0.2, -0.15) is 0 Å². The summed E-state index contributed by atoms with van der Waals surface area (Å²) in [5.41, 5.74) is 10.6. The van der Waals surface area contributed by atoms with Gasteiger partial charge < -0.3 is 64.7 Å².